The third-order valence-corrected chi connectivity index (χ3v) is 4.58. The van der Waals surface area contributed by atoms with Crippen molar-refractivity contribution in [3.63, 3.8) is 0 Å². The average Bonchev–Trinajstić information content (AvgIpc) is 2.97. The highest BCUT2D eigenvalue weighted by molar-refractivity contribution is 5.57. The Balaban J connectivity index is 1.85. The molecule has 1 aromatic rings. The Morgan fingerprint density at radius 2 is 2.10 bits per heavy atom. The molecule has 1 aliphatic heterocycles. The minimum atomic E-state index is -0.0641. The van der Waals surface area contributed by atoms with E-state index in [9.17, 15) is 4.39 Å². The lowest BCUT2D eigenvalue weighted by molar-refractivity contribution is 0.423. The largest absolute Gasteiger partial charge is 0.366 e. The zero-order valence-electron chi connectivity index (χ0n) is 12.7. The van der Waals surface area contributed by atoms with Crippen LogP contribution in [0, 0.1) is 11.7 Å². The number of benzene rings is 1. The smallest absolute Gasteiger partial charge is 0.146 e. The zero-order valence-corrected chi connectivity index (χ0v) is 12.7. The second kappa shape index (κ2) is 5.03. The molecule has 0 radical (unpaired) electrons. The molecule has 3 rings (SSSR count). The number of rotatable bonds is 3. The van der Waals surface area contributed by atoms with Gasteiger partial charge in [-0.3, -0.25) is 0 Å². The lowest BCUT2D eigenvalue weighted by atomic mass is 10.0. The first-order valence-corrected chi connectivity index (χ1v) is 7.73. The second-order valence-corrected chi connectivity index (χ2v) is 7.34. The van der Waals surface area contributed by atoms with Crippen LogP contribution in [0.2, 0.25) is 0 Å². The number of nitrogens with zero attached hydrogens (tertiary/aromatic N) is 1. The van der Waals surface area contributed by atoms with E-state index in [1.165, 1.54) is 19.3 Å². The van der Waals surface area contributed by atoms with Gasteiger partial charge in [0.15, 0.2) is 0 Å². The first kappa shape index (κ1) is 13.9. The van der Waals surface area contributed by atoms with E-state index in [2.05, 4.69) is 37.1 Å². The van der Waals surface area contributed by atoms with Crippen LogP contribution in [0.4, 0.5) is 10.1 Å². The van der Waals surface area contributed by atoms with E-state index >= 15 is 0 Å². The molecule has 2 unspecified atom stereocenters. The Labute approximate surface area is 121 Å². The van der Waals surface area contributed by atoms with Crippen molar-refractivity contribution >= 4 is 5.69 Å². The van der Waals surface area contributed by atoms with Gasteiger partial charge in [-0.15, -0.1) is 0 Å². The van der Waals surface area contributed by atoms with E-state index in [-0.39, 0.29) is 11.4 Å². The van der Waals surface area contributed by atoms with Crippen molar-refractivity contribution in [2.45, 2.75) is 58.2 Å². The zero-order chi connectivity index (χ0) is 14.3. The van der Waals surface area contributed by atoms with E-state index in [1.807, 2.05) is 6.07 Å². The van der Waals surface area contributed by atoms with Crippen LogP contribution in [0.5, 0.6) is 0 Å². The third kappa shape index (κ3) is 2.69. The number of hydrogen-bond acceptors (Lipinski definition) is 2. The highest BCUT2D eigenvalue weighted by atomic mass is 19.1. The Morgan fingerprint density at radius 1 is 1.30 bits per heavy atom. The molecule has 1 aromatic carbocycles. The van der Waals surface area contributed by atoms with Crippen molar-refractivity contribution < 1.29 is 4.39 Å². The van der Waals surface area contributed by atoms with Crippen LogP contribution in [0.3, 0.4) is 0 Å². The van der Waals surface area contributed by atoms with Crippen LogP contribution in [-0.4, -0.2) is 18.1 Å². The summed E-state index contributed by atoms with van der Waals surface area (Å²) in [5.41, 5.74) is 1.98. The molecular formula is C17H25FN2. The molecule has 2 bridgehead atoms. The molecule has 0 amide bonds. The minimum Gasteiger partial charge on any atom is -0.366 e. The lowest BCUT2D eigenvalue weighted by Gasteiger charge is -2.32. The number of anilines is 1. The number of piperidine rings is 1. The predicted molar refractivity (Wildman–Crippen MR) is 81.5 cm³/mol. The molecule has 1 saturated carbocycles. The molecule has 3 heteroatoms. The fourth-order valence-corrected chi connectivity index (χ4v) is 3.58. The van der Waals surface area contributed by atoms with Crippen LogP contribution in [0.15, 0.2) is 18.2 Å². The molecule has 1 aliphatic carbocycles. The normalized spacial score (nSPS) is 25.5. The monoisotopic (exact) mass is 276 g/mol. The molecule has 110 valence electrons. The first-order chi connectivity index (χ1) is 9.44. The van der Waals surface area contributed by atoms with E-state index in [1.54, 1.807) is 6.07 Å². The minimum absolute atomic E-state index is 0.0492. The molecule has 2 nitrogen and oxygen atoms in total. The Hall–Kier alpha value is -1.09. The van der Waals surface area contributed by atoms with E-state index in [0.29, 0.717) is 6.04 Å². The van der Waals surface area contributed by atoms with Crippen LogP contribution in [0.1, 0.15) is 45.6 Å². The summed E-state index contributed by atoms with van der Waals surface area (Å²) in [7, 11) is 0. The molecule has 2 aliphatic rings. The molecule has 1 N–H and O–H groups in total. The van der Waals surface area contributed by atoms with Crippen LogP contribution in [-0.2, 0) is 6.54 Å². The summed E-state index contributed by atoms with van der Waals surface area (Å²) >= 11 is 0. The molecule has 0 aromatic heterocycles. The van der Waals surface area contributed by atoms with Gasteiger partial charge in [-0.25, -0.2) is 4.39 Å². The van der Waals surface area contributed by atoms with Crippen molar-refractivity contribution in [2.75, 3.05) is 11.4 Å². The quantitative estimate of drug-likeness (QED) is 0.905. The van der Waals surface area contributed by atoms with E-state index in [4.69, 9.17) is 0 Å². The summed E-state index contributed by atoms with van der Waals surface area (Å²) in [5, 5.41) is 3.48. The predicted octanol–water partition coefficient (Wildman–Crippen LogP) is 3.70. The summed E-state index contributed by atoms with van der Waals surface area (Å²) < 4.78 is 14.4. The molecular weight excluding hydrogens is 251 g/mol. The van der Waals surface area contributed by atoms with Crippen LogP contribution >= 0.6 is 0 Å². The molecule has 20 heavy (non-hydrogen) atoms. The first-order valence-electron chi connectivity index (χ1n) is 7.73. The fourth-order valence-electron chi connectivity index (χ4n) is 3.58. The molecule has 1 saturated heterocycles. The Bertz CT molecular complexity index is 492. The number of fused-ring (bicyclic) bond motifs is 2. The highest BCUT2D eigenvalue weighted by Gasteiger charge is 2.39. The Kier molecular flexibility index (Phi) is 3.49. The van der Waals surface area contributed by atoms with E-state index < -0.39 is 0 Å². The number of hydrogen-bond donors (Lipinski definition) is 1. The topological polar surface area (TPSA) is 15.3 Å². The number of nitrogens with one attached hydrogen (secondary N) is 1. The summed E-state index contributed by atoms with van der Waals surface area (Å²) in [5.74, 6) is 0.716. The standard InChI is InChI=1S/C17H25FN2/c1-17(2,3)19-10-13-5-4-6-15(18)16(13)20-11-12-7-8-14(20)9-12/h4-6,12,14,19H,7-11H2,1-3H3. The molecule has 0 spiro atoms. The maximum Gasteiger partial charge on any atom is 0.146 e. The van der Waals surface area contributed by atoms with Gasteiger partial charge in [0, 0.05) is 24.7 Å². The van der Waals surface area contributed by atoms with Crippen LogP contribution in [0.25, 0.3) is 0 Å². The van der Waals surface area contributed by atoms with Gasteiger partial charge >= 0.3 is 0 Å². The van der Waals surface area contributed by atoms with Crippen molar-refractivity contribution in [1.82, 2.24) is 5.32 Å². The van der Waals surface area contributed by atoms with Crippen LogP contribution < -0.4 is 10.2 Å². The van der Waals surface area contributed by atoms with Gasteiger partial charge in [0.05, 0.1) is 5.69 Å². The fraction of sp³-hybridized carbons (Fsp3) is 0.647. The summed E-state index contributed by atoms with van der Waals surface area (Å²) in [6.45, 7) is 8.19. The summed E-state index contributed by atoms with van der Waals surface area (Å²) in [6, 6.07) is 6.04. The third-order valence-electron chi connectivity index (χ3n) is 4.58. The molecule has 2 fully saturated rings. The van der Waals surface area contributed by atoms with Gasteiger partial charge in [-0.05, 0) is 57.6 Å². The maximum atomic E-state index is 14.4. The van der Waals surface area contributed by atoms with Gasteiger partial charge in [0.2, 0.25) is 0 Å². The highest BCUT2D eigenvalue weighted by Crippen LogP contribution is 2.42. The van der Waals surface area contributed by atoms with Crippen molar-refractivity contribution in [1.29, 1.82) is 0 Å². The van der Waals surface area contributed by atoms with Gasteiger partial charge < -0.3 is 10.2 Å². The van der Waals surface area contributed by atoms with Crippen molar-refractivity contribution in [3.8, 4) is 0 Å². The van der Waals surface area contributed by atoms with Gasteiger partial charge in [-0.1, -0.05) is 12.1 Å². The maximum absolute atomic E-state index is 14.4. The summed E-state index contributed by atoms with van der Waals surface area (Å²) in [6.07, 6.45) is 3.80. The lowest BCUT2D eigenvalue weighted by Crippen LogP contribution is -2.37. The summed E-state index contributed by atoms with van der Waals surface area (Å²) in [4.78, 5) is 2.32. The van der Waals surface area contributed by atoms with Gasteiger partial charge in [0.25, 0.3) is 0 Å². The number of halogens is 1. The molecule has 1 heterocycles. The second-order valence-electron chi connectivity index (χ2n) is 7.34. The number of para-hydroxylation sites is 1. The SMILES string of the molecule is CC(C)(C)NCc1cccc(F)c1N1CC2CCC1C2. The van der Waals surface area contributed by atoms with Crippen molar-refractivity contribution in [3.05, 3.63) is 29.6 Å². The Morgan fingerprint density at radius 3 is 2.70 bits per heavy atom. The average molecular weight is 276 g/mol. The molecule has 2 atom stereocenters. The van der Waals surface area contributed by atoms with Crippen molar-refractivity contribution in [2.24, 2.45) is 5.92 Å². The van der Waals surface area contributed by atoms with E-state index in [0.717, 1.165) is 30.3 Å². The van der Waals surface area contributed by atoms with Gasteiger partial charge in [-0.2, -0.15) is 0 Å². The van der Waals surface area contributed by atoms with Gasteiger partial charge in [0.1, 0.15) is 5.82 Å².